The molecule has 2 rings (SSSR count). The molecule has 0 radical (unpaired) electrons. The van der Waals surface area contributed by atoms with Gasteiger partial charge in [0.05, 0.1) is 5.75 Å². The molecule has 2 aromatic carbocycles. The molecule has 21 heavy (non-hydrogen) atoms. The van der Waals surface area contributed by atoms with E-state index in [9.17, 15) is 8.42 Å². The average Bonchev–Trinajstić information content (AvgIpc) is 2.41. The molecule has 4 nitrogen and oxygen atoms in total. The molecule has 0 saturated carbocycles. The molecule has 0 bridgehead atoms. The Kier molecular flexibility index (Phi) is 4.88. The first-order valence-electron chi connectivity index (χ1n) is 6.40. The van der Waals surface area contributed by atoms with Gasteiger partial charge in [-0.25, -0.2) is 12.7 Å². The molecule has 0 heterocycles. The van der Waals surface area contributed by atoms with Crippen LogP contribution < -0.4 is 5.73 Å². The molecule has 0 fully saturated rings. The van der Waals surface area contributed by atoms with Crippen LogP contribution in [0.25, 0.3) is 0 Å². The summed E-state index contributed by atoms with van der Waals surface area (Å²) in [5, 5.41) is 0.594. The van der Waals surface area contributed by atoms with E-state index in [1.807, 2.05) is 6.07 Å². The Morgan fingerprint density at radius 1 is 1.10 bits per heavy atom. The van der Waals surface area contributed by atoms with Crippen LogP contribution in [0.4, 0.5) is 5.69 Å². The summed E-state index contributed by atoms with van der Waals surface area (Å²) in [5.74, 6) is -0.0512. The number of halogens is 1. The van der Waals surface area contributed by atoms with Crippen molar-refractivity contribution >= 4 is 27.3 Å². The van der Waals surface area contributed by atoms with Gasteiger partial charge < -0.3 is 5.73 Å². The van der Waals surface area contributed by atoms with E-state index in [4.69, 9.17) is 17.3 Å². The van der Waals surface area contributed by atoms with Crippen molar-refractivity contribution < 1.29 is 8.42 Å². The van der Waals surface area contributed by atoms with Gasteiger partial charge in [-0.05, 0) is 35.4 Å². The molecule has 0 amide bonds. The predicted molar refractivity (Wildman–Crippen MR) is 86.4 cm³/mol. The van der Waals surface area contributed by atoms with E-state index in [-0.39, 0.29) is 12.3 Å². The molecule has 0 aliphatic carbocycles. The maximum absolute atomic E-state index is 12.3. The minimum atomic E-state index is -3.39. The highest BCUT2D eigenvalue weighted by Gasteiger charge is 2.18. The number of hydrogen-bond donors (Lipinski definition) is 1. The van der Waals surface area contributed by atoms with Crippen molar-refractivity contribution in [1.82, 2.24) is 4.31 Å². The van der Waals surface area contributed by atoms with Gasteiger partial charge in [0, 0.05) is 24.3 Å². The molecule has 0 aromatic heterocycles. The lowest BCUT2D eigenvalue weighted by molar-refractivity contribution is 0.466. The maximum atomic E-state index is 12.3. The Morgan fingerprint density at radius 3 is 2.38 bits per heavy atom. The molecular formula is C15H17ClN2O2S. The lowest BCUT2D eigenvalue weighted by atomic mass is 10.2. The first-order valence-corrected chi connectivity index (χ1v) is 8.38. The van der Waals surface area contributed by atoms with Crippen molar-refractivity contribution in [3.05, 3.63) is 64.7 Å². The normalized spacial score (nSPS) is 11.8. The molecule has 6 heteroatoms. The van der Waals surface area contributed by atoms with Crippen LogP contribution in [-0.2, 0) is 22.3 Å². The number of sulfonamides is 1. The highest BCUT2D eigenvalue weighted by molar-refractivity contribution is 7.88. The topological polar surface area (TPSA) is 63.4 Å². The standard InChI is InChI=1S/C15H17ClN2O2S/c1-18(10-13-3-2-4-14(16)9-13)21(19,20)11-12-5-7-15(17)8-6-12/h2-9H,10-11,17H2,1H3. The van der Waals surface area contributed by atoms with E-state index in [0.29, 0.717) is 16.3 Å². The van der Waals surface area contributed by atoms with Crippen molar-refractivity contribution in [2.24, 2.45) is 0 Å². The molecular weight excluding hydrogens is 308 g/mol. The molecule has 0 unspecified atom stereocenters. The van der Waals surface area contributed by atoms with Crippen molar-refractivity contribution in [3.8, 4) is 0 Å². The summed E-state index contributed by atoms with van der Waals surface area (Å²) in [4.78, 5) is 0. The molecule has 112 valence electrons. The van der Waals surface area contributed by atoms with Gasteiger partial charge in [-0.2, -0.15) is 0 Å². The van der Waals surface area contributed by atoms with E-state index in [1.165, 1.54) is 4.31 Å². The number of hydrogen-bond acceptors (Lipinski definition) is 3. The Labute approximate surface area is 130 Å². The summed E-state index contributed by atoms with van der Waals surface area (Å²) >= 11 is 5.91. The fourth-order valence-corrected chi connectivity index (χ4v) is 3.32. The molecule has 0 aliphatic rings. The number of nitrogens with zero attached hydrogens (tertiary/aromatic N) is 1. The van der Waals surface area contributed by atoms with Crippen molar-refractivity contribution in [3.63, 3.8) is 0 Å². The van der Waals surface area contributed by atoms with E-state index in [2.05, 4.69) is 0 Å². The fourth-order valence-electron chi connectivity index (χ4n) is 1.93. The van der Waals surface area contributed by atoms with Crippen molar-refractivity contribution in [1.29, 1.82) is 0 Å². The number of nitrogen functional groups attached to an aromatic ring is 1. The van der Waals surface area contributed by atoms with E-state index >= 15 is 0 Å². The predicted octanol–water partition coefficient (Wildman–Crippen LogP) is 2.88. The van der Waals surface area contributed by atoms with Gasteiger partial charge in [-0.3, -0.25) is 0 Å². The molecule has 2 N–H and O–H groups in total. The van der Waals surface area contributed by atoms with Crippen LogP contribution in [0.3, 0.4) is 0 Å². The van der Waals surface area contributed by atoms with Gasteiger partial charge in [-0.1, -0.05) is 35.9 Å². The summed E-state index contributed by atoms with van der Waals surface area (Å²) in [6.07, 6.45) is 0. The van der Waals surface area contributed by atoms with Gasteiger partial charge >= 0.3 is 0 Å². The third-order valence-corrected chi connectivity index (χ3v) is 5.11. The third kappa shape index (κ3) is 4.46. The summed E-state index contributed by atoms with van der Waals surface area (Å²) in [7, 11) is -1.82. The van der Waals surface area contributed by atoms with E-state index in [1.54, 1.807) is 49.5 Å². The van der Waals surface area contributed by atoms with Crippen LogP contribution in [-0.4, -0.2) is 19.8 Å². The number of rotatable bonds is 5. The highest BCUT2D eigenvalue weighted by atomic mass is 35.5. The average molecular weight is 325 g/mol. The van der Waals surface area contributed by atoms with Crippen LogP contribution >= 0.6 is 11.6 Å². The lowest BCUT2D eigenvalue weighted by Gasteiger charge is -2.17. The first-order chi connectivity index (χ1) is 9.87. The summed E-state index contributed by atoms with van der Waals surface area (Å²) in [5.41, 5.74) is 7.77. The number of anilines is 1. The molecule has 0 spiro atoms. The zero-order chi connectivity index (χ0) is 15.5. The van der Waals surface area contributed by atoms with Gasteiger partial charge in [0.2, 0.25) is 10.0 Å². The van der Waals surface area contributed by atoms with Gasteiger partial charge in [0.1, 0.15) is 0 Å². The zero-order valence-corrected chi connectivity index (χ0v) is 13.2. The Morgan fingerprint density at radius 2 is 1.76 bits per heavy atom. The number of nitrogens with two attached hydrogens (primary N) is 1. The Bertz CT molecular complexity index is 715. The second-order valence-electron chi connectivity index (χ2n) is 4.88. The molecule has 2 aromatic rings. The molecule has 0 atom stereocenters. The molecule has 0 aliphatic heterocycles. The second kappa shape index (κ2) is 6.47. The van der Waals surface area contributed by atoms with Gasteiger partial charge in [-0.15, -0.1) is 0 Å². The van der Waals surface area contributed by atoms with Gasteiger partial charge in [0.15, 0.2) is 0 Å². The number of benzene rings is 2. The lowest BCUT2D eigenvalue weighted by Crippen LogP contribution is -2.27. The Hall–Kier alpha value is -1.56. The minimum absolute atomic E-state index is 0.0512. The van der Waals surface area contributed by atoms with Gasteiger partial charge in [0.25, 0.3) is 0 Å². The Balaban J connectivity index is 2.09. The smallest absolute Gasteiger partial charge is 0.218 e. The zero-order valence-electron chi connectivity index (χ0n) is 11.7. The van der Waals surface area contributed by atoms with Crippen LogP contribution in [0, 0.1) is 0 Å². The quantitative estimate of drug-likeness (QED) is 0.860. The second-order valence-corrected chi connectivity index (χ2v) is 7.40. The van der Waals surface area contributed by atoms with Crippen molar-refractivity contribution in [2.45, 2.75) is 12.3 Å². The van der Waals surface area contributed by atoms with Crippen LogP contribution in [0.2, 0.25) is 5.02 Å². The SMILES string of the molecule is CN(Cc1cccc(Cl)c1)S(=O)(=O)Cc1ccc(N)cc1. The fraction of sp³-hybridized carbons (Fsp3) is 0.200. The van der Waals surface area contributed by atoms with E-state index < -0.39 is 10.0 Å². The van der Waals surface area contributed by atoms with Crippen LogP contribution in [0.15, 0.2) is 48.5 Å². The maximum Gasteiger partial charge on any atom is 0.218 e. The summed E-state index contributed by atoms with van der Waals surface area (Å²) < 4.78 is 26.0. The first kappa shape index (κ1) is 15.8. The minimum Gasteiger partial charge on any atom is -0.399 e. The molecule has 0 saturated heterocycles. The van der Waals surface area contributed by atoms with E-state index in [0.717, 1.165) is 5.56 Å². The van der Waals surface area contributed by atoms with Crippen molar-refractivity contribution in [2.75, 3.05) is 12.8 Å². The monoisotopic (exact) mass is 324 g/mol. The largest absolute Gasteiger partial charge is 0.399 e. The third-order valence-electron chi connectivity index (χ3n) is 3.10. The van der Waals surface area contributed by atoms with Crippen LogP contribution in [0.5, 0.6) is 0 Å². The van der Waals surface area contributed by atoms with Crippen LogP contribution in [0.1, 0.15) is 11.1 Å². The summed E-state index contributed by atoms with van der Waals surface area (Å²) in [6.45, 7) is 0.290. The summed E-state index contributed by atoms with van der Waals surface area (Å²) in [6, 6.07) is 14.0. The highest BCUT2D eigenvalue weighted by Crippen LogP contribution is 2.16.